The highest BCUT2D eigenvalue weighted by Gasteiger charge is 2.38. The molecule has 7 heteroatoms. The Morgan fingerprint density at radius 1 is 1.03 bits per heavy atom. The van der Waals surface area contributed by atoms with Crippen LogP contribution in [0.4, 0.5) is 11.4 Å². The molecule has 2 heterocycles. The van der Waals surface area contributed by atoms with Crippen molar-refractivity contribution in [3.05, 3.63) is 58.5 Å². The fraction of sp³-hybridized carbons (Fsp3) is 0.304. The van der Waals surface area contributed by atoms with Crippen molar-refractivity contribution < 1.29 is 9.53 Å². The van der Waals surface area contributed by atoms with Gasteiger partial charge >= 0.3 is 0 Å². The van der Waals surface area contributed by atoms with Gasteiger partial charge in [0.1, 0.15) is 10.7 Å². The molecule has 1 fully saturated rings. The van der Waals surface area contributed by atoms with Gasteiger partial charge < -0.3 is 9.64 Å². The predicted molar refractivity (Wildman–Crippen MR) is 127 cm³/mol. The van der Waals surface area contributed by atoms with E-state index in [-0.39, 0.29) is 5.91 Å². The van der Waals surface area contributed by atoms with Crippen molar-refractivity contribution in [3.8, 4) is 5.75 Å². The van der Waals surface area contributed by atoms with Crippen LogP contribution in [0, 0.1) is 0 Å². The van der Waals surface area contributed by atoms with Gasteiger partial charge in [-0.1, -0.05) is 37.2 Å². The zero-order chi connectivity index (χ0) is 21.1. The lowest BCUT2D eigenvalue weighted by Crippen LogP contribution is -2.30. The highest BCUT2D eigenvalue weighted by Crippen LogP contribution is 2.50. The van der Waals surface area contributed by atoms with Crippen LogP contribution in [0.15, 0.2) is 68.4 Å². The Labute approximate surface area is 186 Å². The van der Waals surface area contributed by atoms with Crippen molar-refractivity contribution in [2.75, 3.05) is 25.1 Å². The van der Waals surface area contributed by atoms with E-state index in [2.05, 4.69) is 24.0 Å². The average molecular weight is 440 g/mol. The van der Waals surface area contributed by atoms with E-state index in [1.807, 2.05) is 55.3 Å². The number of amides is 1. The Balaban J connectivity index is 1.66. The van der Waals surface area contributed by atoms with E-state index in [9.17, 15) is 4.79 Å². The summed E-state index contributed by atoms with van der Waals surface area (Å²) in [6.07, 6.45) is 1.97. The number of para-hydroxylation sites is 1. The molecular weight excluding hydrogens is 414 g/mol. The minimum absolute atomic E-state index is 0.0419. The Bertz CT molecular complexity index is 1000. The predicted octanol–water partition coefficient (Wildman–Crippen LogP) is 5.86. The second-order valence-corrected chi connectivity index (χ2v) is 9.00. The fourth-order valence-electron chi connectivity index (χ4n) is 3.33. The second-order valence-electron chi connectivity index (χ2n) is 7.00. The van der Waals surface area contributed by atoms with Gasteiger partial charge in [0.15, 0.2) is 5.17 Å². The summed E-state index contributed by atoms with van der Waals surface area (Å²) in [5, 5.41) is 1.72. The van der Waals surface area contributed by atoms with Crippen molar-refractivity contribution in [2.45, 2.75) is 31.6 Å². The molecule has 5 nitrogen and oxygen atoms in total. The van der Waals surface area contributed by atoms with Gasteiger partial charge in [-0.3, -0.25) is 9.69 Å². The van der Waals surface area contributed by atoms with Gasteiger partial charge in [-0.25, -0.2) is 4.99 Å². The summed E-state index contributed by atoms with van der Waals surface area (Å²) in [6.45, 7) is 5.41. The number of fused-ring (bicyclic) bond motifs is 1. The number of hydrogen-bond donors (Lipinski definition) is 0. The Kier molecular flexibility index (Phi) is 6.39. The molecule has 0 unspecified atom stereocenters. The number of ether oxygens (including phenoxy) is 1. The lowest BCUT2D eigenvalue weighted by atomic mass is 10.3. The molecule has 0 radical (unpaired) electrons. The molecule has 2 aromatic carbocycles. The van der Waals surface area contributed by atoms with Gasteiger partial charge in [0.2, 0.25) is 0 Å². The van der Waals surface area contributed by atoms with Crippen molar-refractivity contribution in [3.63, 3.8) is 0 Å². The van der Waals surface area contributed by atoms with Crippen LogP contribution in [0.1, 0.15) is 26.7 Å². The van der Waals surface area contributed by atoms with Crippen LogP contribution in [0.2, 0.25) is 0 Å². The highest BCUT2D eigenvalue weighted by molar-refractivity contribution is 8.19. The van der Waals surface area contributed by atoms with Crippen molar-refractivity contribution in [2.24, 2.45) is 4.99 Å². The van der Waals surface area contributed by atoms with Gasteiger partial charge in [0.05, 0.1) is 23.0 Å². The van der Waals surface area contributed by atoms with Crippen molar-refractivity contribution in [1.82, 2.24) is 4.90 Å². The van der Waals surface area contributed by atoms with Gasteiger partial charge in [-0.05, 0) is 61.5 Å². The number of carbonyl (C=O) groups excluding carboxylic acids is 1. The molecule has 0 spiro atoms. The Hall–Kier alpha value is -2.38. The first-order valence-electron chi connectivity index (χ1n) is 10.2. The molecule has 30 heavy (non-hydrogen) atoms. The van der Waals surface area contributed by atoms with Crippen LogP contribution in [0.25, 0.3) is 0 Å². The molecule has 1 saturated heterocycles. The molecular formula is C23H25N3O2S2. The molecule has 2 aromatic rings. The van der Waals surface area contributed by atoms with E-state index >= 15 is 0 Å². The second kappa shape index (κ2) is 9.18. The molecule has 0 atom stereocenters. The molecule has 2 aliphatic rings. The first-order chi connectivity index (χ1) is 14.6. The number of hydrogen-bond acceptors (Lipinski definition) is 6. The molecule has 0 saturated carbocycles. The molecule has 0 aromatic heterocycles. The quantitative estimate of drug-likeness (QED) is 0.528. The summed E-state index contributed by atoms with van der Waals surface area (Å²) < 4.78 is 5.52. The molecule has 0 aliphatic carbocycles. The van der Waals surface area contributed by atoms with Crippen LogP contribution in [0.3, 0.4) is 0 Å². The topological polar surface area (TPSA) is 45.1 Å². The number of amidine groups is 1. The van der Waals surface area contributed by atoms with E-state index in [1.54, 1.807) is 11.8 Å². The maximum Gasteiger partial charge on any atom is 0.269 e. The lowest BCUT2D eigenvalue weighted by molar-refractivity contribution is -0.122. The van der Waals surface area contributed by atoms with Gasteiger partial charge in [-0.15, -0.1) is 0 Å². The van der Waals surface area contributed by atoms with Crippen LogP contribution in [0.5, 0.6) is 5.75 Å². The molecule has 0 N–H and O–H groups in total. The normalized spacial score (nSPS) is 19.7. The standard InChI is InChI=1S/C23H25N3O2S2/c1-4-6-15-26-21(27)20(22-25(3)18-9-7-8-10-19(18)29-22)30-23(26)24-16-11-13-17(14-12-16)28-5-2/h7-14H,4-6,15H2,1-3H3/b22-20-,24-23?. The lowest BCUT2D eigenvalue weighted by Gasteiger charge is -2.16. The smallest absolute Gasteiger partial charge is 0.269 e. The van der Waals surface area contributed by atoms with Crippen LogP contribution >= 0.6 is 23.5 Å². The van der Waals surface area contributed by atoms with Gasteiger partial charge in [-0.2, -0.15) is 0 Å². The summed E-state index contributed by atoms with van der Waals surface area (Å²) in [5.74, 6) is 0.865. The third-order valence-electron chi connectivity index (χ3n) is 4.90. The number of unbranched alkanes of at least 4 members (excludes halogenated alkanes) is 1. The number of carbonyl (C=O) groups is 1. The number of thioether (sulfide) groups is 2. The third kappa shape index (κ3) is 4.09. The molecule has 2 aliphatic heterocycles. The van der Waals surface area contributed by atoms with E-state index in [0.29, 0.717) is 13.2 Å². The largest absolute Gasteiger partial charge is 0.494 e. The summed E-state index contributed by atoms with van der Waals surface area (Å²) >= 11 is 3.12. The zero-order valence-electron chi connectivity index (χ0n) is 17.4. The van der Waals surface area contributed by atoms with Crippen LogP contribution in [-0.4, -0.2) is 36.2 Å². The van der Waals surface area contributed by atoms with Gasteiger partial charge in [0.25, 0.3) is 5.91 Å². The fourth-order valence-corrected chi connectivity index (χ4v) is 5.70. The minimum Gasteiger partial charge on any atom is -0.494 e. The van der Waals surface area contributed by atoms with E-state index < -0.39 is 0 Å². The third-order valence-corrected chi connectivity index (χ3v) is 7.34. The van der Waals surface area contributed by atoms with Crippen LogP contribution in [-0.2, 0) is 4.79 Å². The molecule has 156 valence electrons. The SMILES string of the molecule is CCCCN1C(=O)/C(=C2/Sc3ccccc3N2C)SC1=Nc1ccc(OCC)cc1. The molecule has 1 amide bonds. The number of rotatable bonds is 6. The summed E-state index contributed by atoms with van der Waals surface area (Å²) in [5.41, 5.74) is 1.95. The van der Waals surface area contributed by atoms with Crippen molar-refractivity contribution in [1.29, 1.82) is 0 Å². The first-order valence-corrected chi connectivity index (χ1v) is 11.8. The van der Waals surface area contributed by atoms with Gasteiger partial charge in [0, 0.05) is 18.5 Å². The zero-order valence-corrected chi connectivity index (χ0v) is 19.1. The monoisotopic (exact) mass is 439 g/mol. The number of anilines is 1. The minimum atomic E-state index is 0.0419. The summed E-state index contributed by atoms with van der Waals surface area (Å²) in [6, 6.07) is 15.9. The number of benzene rings is 2. The number of aliphatic imine (C=N–C) groups is 1. The summed E-state index contributed by atoms with van der Waals surface area (Å²) in [7, 11) is 2.02. The maximum atomic E-state index is 13.3. The maximum absolute atomic E-state index is 13.3. The van der Waals surface area contributed by atoms with E-state index in [0.717, 1.165) is 45.1 Å². The van der Waals surface area contributed by atoms with E-state index in [4.69, 9.17) is 9.73 Å². The first kappa shape index (κ1) is 20.9. The van der Waals surface area contributed by atoms with Crippen molar-refractivity contribution >= 4 is 46.0 Å². The Morgan fingerprint density at radius 2 is 1.80 bits per heavy atom. The summed E-state index contributed by atoms with van der Waals surface area (Å²) in [4.78, 5) is 24.0. The Morgan fingerprint density at radius 3 is 2.50 bits per heavy atom. The van der Waals surface area contributed by atoms with E-state index in [1.165, 1.54) is 16.7 Å². The highest BCUT2D eigenvalue weighted by atomic mass is 32.2. The average Bonchev–Trinajstić information content (AvgIpc) is 3.25. The van der Waals surface area contributed by atoms with Crippen LogP contribution < -0.4 is 9.64 Å². The molecule has 0 bridgehead atoms. The molecule has 4 rings (SSSR count). The number of nitrogens with zero attached hydrogens (tertiary/aromatic N) is 3.